The van der Waals surface area contributed by atoms with Gasteiger partial charge in [0.2, 0.25) is 0 Å². The van der Waals surface area contributed by atoms with Gasteiger partial charge >= 0.3 is 5.97 Å². The largest absolute Gasteiger partial charge is 0.455 e. The van der Waals surface area contributed by atoms with E-state index in [-0.39, 0.29) is 22.2 Å². The van der Waals surface area contributed by atoms with E-state index in [0.717, 1.165) is 10.6 Å². The zero-order valence-electron chi connectivity index (χ0n) is 11.1. The summed E-state index contributed by atoms with van der Waals surface area (Å²) in [5.41, 5.74) is 1.95. The predicted octanol–water partition coefficient (Wildman–Crippen LogP) is 5.54. The van der Waals surface area contributed by atoms with Gasteiger partial charge in [0.1, 0.15) is 11.6 Å². The van der Waals surface area contributed by atoms with E-state index in [2.05, 4.69) is 4.98 Å². The topological polar surface area (TPSA) is 39.2 Å². The molecule has 7 heteroatoms. The number of thiazole rings is 1. The van der Waals surface area contributed by atoms with Crippen LogP contribution in [0.4, 0.5) is 0 Å². The number of benzene rings is 1. The van der Waals surface area contributed by atoms with E-state index in [4.69, 9.17) is 27.9 Å². The van der Waals surface area contributed by atoms with Crippen molar-refractivity contribution in [2.24, 2.45) is 0 Å². The van der Waals surface area contributed by atoms with Crippen molar-refractivity contribution in [3.63, 3.8) is 0 Å². The molecule has 0 aliphatic carbocycles. The number of rotatable bonds is 4. The summed E-state index contributed by atoms with van der Waals surface area (Å²) in [6.45, 7) is 0.0843. The van der Waals surface area contributed by atoms with Gasteiger partial charge in [0.25, 0.3) is 0 Å². The van der Waals surface area contributed by atoms with Crippen molar-refractivity contribution in [3.05, 3.63) is 61.7 Å². The number of nitrogens with zero attached hydrogens (tertiary/aromatic N) is 1. The Kier molecular flexibility index (Phi) is 4.78. The Hall–Kier alpha value is -1.40. The van der Waals surface area contributed by atoms with Crippen LogP contribution >= 0.6 is 45.9 Å². The van der Waals surface area contributed by atoms with Crippen LogP contribution in [0.3, 0.4) is 0 Å². The summed E-state index contributed by atoms with van der Waals surface area (Å²) in [7, 11) is 0. The molecule has 112 valence electrons. The van der Waals surface area contributed by atoms with Crippen molar-refractivity contribution in [3.8, 4) is 10.6 Å². The molecule has 0 N–H and O–H groups in total. The van der Waals surface area contributed by atoms with Crippen LogP contribution in [-0.2, 0) is 11.3 Å². The highest BCUT2D eigenvalue weighted by atomic mass is 35.5. The maximum atomic E-state index is 12.1. The lowest BCUT2D eigenvalue weighted by Gasteiger charge is -2.06. The van der Waals surface area contributed by atoms with Crippen LogP contribution in [0.1, 0.15) is 16.1 Å². The summed E-state index contributed by atoms with van der Waals surface area (Å²) >= 11 is 15.1. The molecule has 0 atom stereocenters. The fourth-order valence-corrected chi connectivity index (χ4v) is 3.86. The lowest BCUT2D eigenvalue weighted by Crippen LogP contribution is -2.07. The normalized spacial score (nSPS) is 10.6. The summed E-state index contributed by atoms with van der Waals surface area (Å²) in [6, 6.07) is 6.88. The highest BCUT2D eigenvalue weighted by Crippen LogP contribution is 2.27. The lowest BCUT2D eigenvalue weighted by molar-refractivity contribution is 0.0469. The number of carbonyl (C=O) groups is 1. The minimum atomic E-state index is -0.555. The number of hydrogen-bond donors (Lipinski definition) is 0. The van der Waals surface area contributed by atoms with E-state index < -0.39 is 5.97 Å². The van der Waals surface area contributed by atoms with E-state index in [9.17, 15) is 4.79 Å². The number of halogens is 2. The number of ether oxygens (including phenoxy) is 1. The first-order chi connectivity index (χ1) is 10.6. The van der Waals surface area contributed by atoms with Gasteiger partial charge in [-0.25, -0.2) is 9.78 Å². The molecule has 0 fully saturated rings. The molecule has 0 bridgehead atoms. The molecule has 0 aliphatic rings. The molecule has 0 spiro atoms. The van der Waals surface area contributed by atoms with Gasteiger partial charge in [0.15, 0.2) is 0 Å². The van der Waals surface area contributed by atoms with Crippen LogP contribution < -0.4 is 0 Å². The molecular formula is C15H9Cl2NO2S2. The standard InChI is InChI=1S/C15H9Cl2NO2S2/c16-11-2-1-3-12(17)13(11)15(19)20-6-10-8-22-14(18-10)9-4-5-21-7-9/h1-5,7-8H,6H2. The third kappa shape index (κ3) is 3.33. The summed E-state index contributed by atoms with van der Waals surface area (Å²) in [6.07, 6.45) is 0. The maximum absolute atomic E-state index is 12.1. The van der Waals surface area contributed by atoms with Crippen molar-refractivity contribution < 1.29 is 9.53 Å². The second-order valence-electron chi connectivity index (χ2n) is 4.33. The Morgan fingerprint density at radius 1 is 1.18 bits per heavy atom. The number of aromatic nitrogens is 1. The summed E-state index contributed by atoms with van der Waals surface area (Å²) < 4.78 is 5.25. The third-order valence-electron chi connectivity index (χ3n) is 2.84. The highest BCUT2D eigenvalue weighted by Gasteiger charge is 2.16. The van der Waals surface area contributed by atoms with Gasteiger partial charge in [0, 0.05) is 16.3 Å². The van der Waals surface area contributed by atoms with E-state index in [1.165, 1.54) is 11.3 Å². The molecule has 0 aliphatic heterocycles. The Bertz CT molecular complexity index is 779. The van der Waals surface area contributed by atoms with E-state index >= 15 is 0 Å². The first-order valence-electron chi connectivity index (χ1n) is 6.23. The van der Waals surface area contributed by atoms with Crippen LogP contribution in [0.25, 0.3) is 10.6 Å². The van der Waals surface area contributed by atoms with Crippen LogP contribution in [0.15, 0.2) is 40.4 Å². The molecule has 0 unspecified atom stereocenters. The number of esters is 1. The molecule has 3 nitrogen and oxygen atoms in total. The zero-order chi connectivity index (χ0) is 15.5. The Morgan fingerprint density at radius 3 is 2.64 bits per heavy atom. The quantitative estimate of drug-likeness (QED) is 0.567. The second kappa shape index (κ2) is 6.79. The monoisotopic (exact) mass is 369 g/mol. The smallest absolute Gasteiger partial charge is 0.341 e. The lowest BCUT2D eigenvalue weighted by atomic mass is 10.2. The zero-order valence-corrected chi connectivity index (χ0v) is 14.2. The van der Waals surface area contributed by atoms with Crippen molar-refractivity contribution in [2.75, 3.05) is 0 Å². The molecule has 0 saturated carbocycles. The number of hydrogen-bond acceptors (Lipinski definition) is 5. The second-order valence-corrected chi connectivity index (χ2v) is 6.78. The van der Waals surface area contributed by atoms with Crippen molar-refractivity contribution >= 4 is 51.8 Å². The van der Waals surface area contributed by atoms with E-state index in [0.29, 0.717) is 5.69 Å². The average molecular weight is 370 g/mol. The molecular weight excluding hydrogens is 361 g/mol. The molecule has 2 aromatic heterocycles. The molecule has 0 radical (unpaired) electrons. The predicted molar refractivity (Wildman–Crippen MR) is 91.0 cm³/mol. The summed E-state index contributed by atoms with van der Waals surface area (Å²) in [4.78, 5) is 16.5. The molecule has 22 heavy (non-hydrogen) atoms. The van der Waals surface area contributed by atoms with Gasteiger partial charge in [-0.05, 0) is 23.6 Å². The van der Waals surface area contributed by atoms with Crippen LogP contribution in [-0.4, -0.2) is 11.0 Å². The first kappa shape index (κ1) is 15.5. The number of carbonyl (C=O) groups excluding carboxylic acids is 1. The Labute approximate surface area is 145 Å². The molecule has 3 aromatic rings. The minimum absolute atomic E-state index is 0.0843. The van der Waals surface area contributed by atoms with Crippen molar-refractivity contribution in [1.29, 1.82) is 0 Å². The maximum Gasteiger partial charge on any atom is 0.341 e. The van der Waals surface area contributed by atoms with Crippen molar-refractivity contribution in [1.82, 2.24) is 4.98 Å². The van der Waals surface area contributed by atoms with Gasteiger partial charge in [-0.3, -0.25) is 0 Å². The van der Waals surface area contributed by atoms with E-state index in [1.807, 2.05) is 22.2 Å². The van der Waals surface area contributed by atoms with Crippen LogP contribution in [0.2, 0.25) is 10.0 Å². The summed E-state index contributed by atoms with van der Waals surface area (Å²) in [5, 5.41) is 7.34. The minimum Gasteiger partial charge on any atom is -0.455 e. The Morgan fingerprint density at radius 2 is 1.95 bits per heavy atom. The fraction of sp³-hybridized carbons (Fsp3) is 0.0667. The molecule has 0 saturated heterocycles. The number of thiophene rings is 1. The third-order valence-corrected chi connectivity index (χ3v) is 5.09. The van der Waals surface area contributed by atoms with Gasteiger partial charge in [0.05, 0.1) is 21.3 Å². The Balaban J connectivity index is 1.69. The SMILES string of the molecule is O=C(OCc1csc(-c2ccsc2)n1)c1c(Cl)cccc1Cl. The molecule has 1 aromatic carbocycles. The van der Waals surface area contributed by atoms with Gasteiger partial charge in [-0.15, -0.1) is 11.3 Å². The average Bonchev–Trinajstić information content (AvgIpc) is 3.16. The summed E-state index contributed by atoms with van der Waals surface area (Å²) in [5.74, 6) is -0.555. The molecule has 2 heterocycles. The van der Waals surface area contributed by atoms with E-state index in [1.54, 1.807) is 29.5 Å². The van der Waals surface area contributed by atoms with Gasteiger partial charge in [-0.2, -0.15) is 11.3 Å². The van der Waals surface area contributed by atoms with Gasteiger partial charge in [-0.1, -0.05) is 29.3 Å². The van der Waals surface area contributed by atoms with Gasteiger partial charge < -0.3 is 4.74 Å². The highest BCUT2D eigenvalue weighted by molar-refractivity contribution is 7.14. The first-order valence-corrected chi connectivity index (χ1v) is 8.81. The molecule has 3 rings (SSSR count). The fourth-order valence-electron chi connectivity index (χ4n) is 1.80. The molecule has 0 amide bonds. The van der Waals surface area contributed by atoms with Crippen LogP contribution in [0, 0.1) is 0 Å². The van der Waals surface area contributed by atoms with Crippen molar-refractivity contribution in [2.45, 2.75) is 6.61 Å². The van der Waals surface area contributed by atoms with Crippen LogP contribution in [0.5, 0.6) is 0 Å².